The molecule has 108 valence electrons. The minimum absolute atomic E-state index is 0.171. The van der Waals surface area contributed by atoms with Crippen LogP contribution in [0.15, 0.2) is 24.4 Å². The first kappa shape index (κ1) is 22.1. The standard InChI is InChI=1S/C9H14N2O.3C2H6/c1-2-11(7-8-12)9-5-3-4-6-10-9;3*1-2/h3-6,12H,2,7-8H2,1H3;3*1-2H3. The van der Waals surface area contributed by atoms with Crippen molar-refractivity contribution in [2.75, 3.05) is 24.6 Å². The molecule has 0 atom stereocenters. The Morgan fingerprint density at radius 3 is 1.94 bits per heavy atom. The zero-order valence-corrected chi connectivity index (χ0v) is 13.3. The number of anilines is 1. The number of likely N-dealkylation sites (N-methyl/N-ethyl adjacent to an activating group) is 1. The summed E-state index contributed by atoms with van der Waals surface area (Å²) in [5.41, 5.74) is 0. The van der Waals surface area contributed by atoms with E-state index in [1.54, 1.807) is 6.20 Å². The molecule has 0 aliphatic rings. The molecule has 0 bridgehead atoms. The summed E-state index contributed by atoms with van der Waals surface area (Å²) in [5.74, 6) is 0.925. The van der Waals surface area contributed by atoms with Crippen LogP contribution in [0.3, 0.4) is 0 Å². The maximum atomic E-state index is 8.76. The van der Waals surface area contributed by atoms with Crippen molar-refractivity contribution in [1.82, 2.24) is 4.98 Å². The Kier molecular flexibility index (Phi) is 26.1. The van der Waals surface area contributed by atoms with Gasteiger partial charge in [0.2, 0.25) is 0 Å². The van der Waals surface area contributed by atoms with Gasteiger partial charge in [0.1, 0.15) is 5.82 Å². The van der Waals surface area contributed by atoms with Crippen LogP contribution in [0.2, 0.25) is 0 Å². The minimum atomic E-state index is 0.171. The molecule has 1 heterocycles. The molecule has 0 aliphatic heterocycles. The lowest BCUT2D eigenvalue weighted by molar-refractivity contribution is 0.302. The van der Waals surface area contributed by atoms with Crippen molar-refractivity contribution in [2.45, 2.75) is 48.5 Å². The molecule has 0 aliphatic carbocycles. The van der Waals surface area contributed by atoms with Gasteiger partial charge in [-0.1, -0.05) is 47.6 Å². The highest BCUT2D eigenvalue weighted by Gasteiger charge is 2.01. The van der Waals surface area contributed by atoms with Crippen molar-refractivity contribution in [3.63, 3.8) is 0 Å². The highest BCUT2D eigenvalue weighted by molar-refractivity contribution is 5.37. The number of rotatable bonds is 4. The van der Waals surface area contributed by atoms with Gasteiger partial charge in [-0.2, -0.15) is 0 Å². The number of nitrogens with zero attached hydrogens (tertiary/aromatic N) is 2. The maximum absolute atomic E-state index is 8.76. The molecule has 0 radical (unpaired) electrons. The summed E-state index contributed by atoms with van der Waals surface area (Å²) in [6.07, 6.45) is 1.76. The van der Waals surface area contributed by atoms with E-state index in [0.29, 0.717) is 6.54 Å². The second-order valence-corrected chi connectivity index (χ2v) is 2.49. The Morgan fingerprint density at radius 2 is 1.61 bits per heavy atom. The largest absolute Gasteiger partial charge is 0.395 e. The summed E-state index contributed by atoms with van der Waals surface area (Å²) in [4.78, 5) is 6.21. The number of aliphatic hydroxyl groups is 1. The molecule has 0 unspecified atom stereocenters. The third-order valence-corrected chi connectivity index (χ3v) is 1.72. The van der Waals surface area contributed by atoms with E-state index in [2.05, 4.69) is 4.98 Å². The van der Waals surface area contributed by atoms with E-state index >= 15 is 0 Å². The Morgan fingerprint density at radius 1 is 1.06 bits per heavy atom. The van der Waals surface area contributed by atoms with Crippen LogP contribution in [0, 0.1) is 0 Å². The smallest absolute Gasteiger partial charge is 0.128 e. The van der Waals surface area contributed by atoms with Crippen LogP contribution in [0.4, 0.5) is 5.82 Å². The van der Waals surface area contributed by atoms with E-state index in [1.165, 1.54) is 0 Å². The Hall–Kier alpha value is -1.09. The van der Waals surface area contributed by atoms with Gasteiger partial charge in [-0.3, -0.25) is 0 Å². The van der Waals surface area contributed by atoms with Gasteiger partial charge >= 0.3 is 0 Å². The van der Waals surface area contributed by atoms with Crippen LogP contribution < -0.4 is 4.90 Å². The lowest BCUT2D eigenvalue weighted by Gasteiger charge is -2.19. The van der Waals surface area contributed by atoms with Crippen molar-refractivity contribution in [1.29, 1.82) is 0 Å². The van der Waals surface area contributed by atoms with E-state index in [0.717, 1.165) is 12.4 Å². The Bertz CT molecular complexity index is 215. The molecule has 1 aromatic heterocycles. The normalized spacial score (nSPS) is 7.56. The number of hydrogen-bond donors (Lipinski definition) is 1. The first-order valence-electron chi connectivity index (χ1n) is 7.15. The zero-order chi connectivity index (χ0) is 14.8. The molecule has 1 aromatic rings. The summed E-state index contributed by atoms with van der Waals surface area (Å²) >= 11 is 0. The van der Waals surface area contributed by atoms with E-state index in [-0.39, 0.29) is 6.61 Å². The first-order chi connectivity index (χ1) is 8.88. The third-order valence-electron chi connectivity index (χ3n) is 1.72. The molecule has 0 fully saturated rings. The van der Waals surface area contributed by atoms with E-state index < -0.39 is 0 Å². The molecule has 3 heteroatoms. The summed E-state index contributed by atoms with van der Waals surface area (Å²) in [6.45, 7) is 15.7. The molecule has 1 N–H and O–H groups in total. The molecule has 3 nitrogen and oxygen atoms in total. The quantitative estimate of drug-likeness (QED) is 0.885. The second kappa shape index (κ2) is 21.2. The maximum Gasteiger partial charge on any atom is 0.128 e. The van der Waals surface area contributed by atoms with Crippen LogP contribution in [-0.4, -0.2) is 29.8 Å². The molecule has 1 rings (SSSR count). The molecule has 0 amide bonds. The van der Waals surface area contributed by atoms with Crippen molar-refractivity contribution >= 4 is 5.82 Å². The van der Waals surface area contributed by atoms with E-state index in [1.807, 2.05) is 71.6 Å². The number of aromatic nitrogens is 1. The highest BCUT2D eigenvalue weighted by atomic mass is 16.3. The van der Waals surface area contributed by atoms with Gasteiger partial charge in [0.05, 0.1) is 6.61 Å². The molecular formula is C15H32N2O. The molecule has 18 heavy (non-hydrogen) atoms. The van der Waals surface area contributed by atoms with Crippen molar-refractivity contribution < 1.29 is 5.11 Å². The first-order valence-corrected chi connectivity index (χ1v) is 7.15. The fourth-order valence-electron chi connectivity index (χ4n) is 1.10. The fraction of sp³-hybridized carbons (Fsp3) is 0.667. The molecule has 0 saturated carbocycles. The Balaban J connectivity index is -0.000000328. The van der Waals surface area contributed by atoms with Crippen LogP contribution in [-0.2, 0) is 0 Å². The average Bonchev–Trinajstić information content (AvgIpc) is 2.52. The van der Waals surface area contributed by atoms with E-state index in [4.69, 9.17) is 5.11 Å². The second-order valence-electron chi connectivity index (χ2n) is 2.49. The van der Waals surface area contributed by atoms with Gasteiger partial charge in [0, 0.05) is 19.3 Å². The molecule has 0 aromatic carbocycles. The van der Waals surface area contributed by atoms with Gasteiger partial charge < -0.3 is 10.0 Å². The molecule has 0 spiro atoms. The predicted molar refractivity (Wildman–Crippen MR) is 83.3 cm³/mol. The van der Waals surface area contributed by atoms with Crippen molar-refractivity contribution in [3.05, 3.63) is 24.4 Å². The number of hydrogen-bond acceptors (Lipinski definition) is 3. The predicted octanol–water partition coefficient (Wildman–Crippen LogP) is 3.98. The average molecular weight is 256 g/mol. The van der Waals surface area contributed by atoms with Gasteiger partial charge in [-0.25, -0.2) is 4.98 Å². The molecule has 0 saturated heterocycles. The van der Waals surface area contributed by atoms with Crippen molar-refractivity contribution in [3.8, 4) is 0 Å². The highest BCUT2D eigenvalue weighted by Crippen LogP contribution is 2.07. The summed E-state index contributed by atoms with van der Waals surface area (Å²) in [6, 6.07) is 5.78. The third kappa shape index (κ3) is 11.4. The van der Waals surface area contributed by atoms with Gasteiger partial charge in [0.25, 0.3) is 0 Å². The van der Waals surface area contributed by atoms with Crippen molar-refractivity contribution in [2.24, 2.45) is 0 Å². The molecular weight excluding hydrogens is 224 g/mol. The lowest BCUT2D eigenvalue weighted by Crippen LogP contribution is -2.26. The van der Waals surface area contributed by atoms with Gasteiger partial charge in [-0.15, -0.1) is 0 Å². The lowest BCUT2D eigenvalue weighted by atomic mass is 10.4. The van der Waals surface area contributed by atoms with Crippen LogP contribution in [0.25, 0.3) is 0 Å². The summed E-state index contributed by atoms with van der Waals surface area (Å²) in [7, 11) is 0. The monoisotopic (exact) mass is 256 g/mol. The zero-order valence-electron chi connectivity index (χ0n) is 13.3. The topological polar surface area (TPSA) is 36.4 Å². The summed E-state index contributed by atoms with van der Waals surface area (Å²) in [5, 5.41) is 8.76. The fourth-order valence-corrected chi connectivity index (χ4v) is 1.10. The Labute approximate surface area is 114 Å². The number of aliphatic hydroxyl groups excluding tert-OH is 1. The SMILES string of the molecule is CC.CC.CC.CCN(CCO)c1ccccn1. The van der Waals surface area contributed by atoms with Gasteiger partial charge in [0.15, 0.2) is 0 Å². The van der Waals surface area contributed by atoms with Crippen LogP contribution >= 0.6 is 0 Å². The summed E-state index contributed by atoms with van der Waals surface area (Å²) < 4.78 is 0. The van der Waals surface area contributed by atoms with Crippen LogP contribution in [0.1, 0.15) is 48.5 Å². The van der Waals surface area contributed by atoms with Gasteiger partial charge in [-0.05, 0) is 19.1 Å². The van der Waals surface area contributed by atoms with E-state index in [9.17, 15) is 0 Å². The van der Waals surface area contributed by atoms with Crippen LogP contribution in [0.5, 0.6) is 0 Å². The minimum Gasteiger partial charge on any atom is -0.395 e. The number of pyridine rings is 1.